The second-order valence-electron chi connectivity index (χ2n) is 7.81. The van der Waals surface area contributed by atoms with Crippen molar-refractivity contribution in [3.8, 4) is 23.0 Å². The first-order valence-corrected chi connectivity index (χ1v) is 11.5. The summed E-state index contributed by atoms with van der Waals surface area (Å²) in [7, 11) is 1.40. The molecule has 1 aliphatic heterocycles. The normalized spacial score (nSPS) is 16.9. The first-order valence-electron chi connectivity index (χ1n) is 10.8. The number of ketones is 1. The van der Waals surface area contributed by atoms with Gasteiger partial charge < -0.3 is 24.8 Å². The molecule has 0 aromatic heterocycles. The lowest BCUT2D eigenvalue weighted by Gasteiger charge is -2.26. The lowest BCUT2D eigenvalue weighted by atomic mass is 9.94. The fourth-order valence-electron chi connectivity index (χ4n) is 4.02. The molecular weight excluding hydrogens is 509 g/mol. The van der Waals surface area contributed by atoms with Crippen LogP contribution in [-0.2, 0) is 9.59 Å². The maximum absolute atomic E-state index is 13.3. The largest absolute Gasteiger partial charge is 0.507 e. The van der Waals surface area contributed by atoms with E-state index in [9.17, 15) is 24.9 Å². The zero-order valence-corrected chi connectivity index (χ0v) is 20.7. The zero-order valence-electron chi connectivity index (χ0n) is 19.2. The molecule has 0 spiro atoms. The molecule has 1 saturated heterocycles. The van der Waals surface area contributed by atoms with Crippen LogP contribution in [0.1, 0.15) is 24.1 Å². The van der Waals surface area contributed by atoms with Gasteiger partial charge in [-0.1, -0.05) is 29.3 Å². The number of rotatable bonds is 6. The minimum Gasteiger partial charge on any atom is -0.507 e. The summed E-state index contributed by atoms with van der Waals surface area (Å²) < 4.78 is 10.7. The Hall–Kier alpha value is -3.88. The summed E-state index contributed by atoms with van der Waals surface area (Å²) in [6.45, 7) is 1.98. The van der Waals surface area contributed by atoms with Gasteiger partial charge in [0.05, 0.1) is 36.0 Å². The van der Waals surface area contributed by atoms with Crippen molar-refractivity contribution in [2.75, 3.05) is 18.6 Å². The van der Waals surface area contributed by atoms with Gasteiger partial charge in [-0.15, -0.1) is 0 Å². The van der Waals surface area contributed by atoms with Crippen LogP contribution in [-0.4, -0.2) is 40.7 Å². The Bertz CT molecular complexity index is 1400. The molecule has 0 aliphatic carbocycles. The molecule has 1 amide bonds. The predicted octanol–water partition coefficient (Wildman–Crippen LogP) is 5.44. The number of amides is 1. The Balaban J connectivity index is 2.00. The predicted molar refractivity (Wildman–Crippen MR) is 135 cm³/mol. The minimum absolute atomic E-state index is 0.0339. The molecule has 0 radical (unpaired) electrons. The fourth-order valence-corrected chi connectivity index (χ4v) is 4.38. The van der Waals surface area contributed by atoms with E-state index in [1.807, 2.05) is 0 Å². The molecule has 4 rings (SSSR count). The maximum Gasteiger partial charge on any atom is 0.300 e. The van der Waals surface area contributed by atoms with Gasteiger partial charge in [0.2, 0.25) is 0 Å². The van der Waals surface area contributed by atoms with Crippen LogP contribution in [0.4, 0.5) is 5.69 Å². The van der Waals surface area contributed by atoms with E-state index < -0.39 is 23.5 Å². The zero-order chi connectivity index (χ0) is 26.1. The number of ether oxygens (including phenoxy) is 2. The number of carbonyl (C=O) groups excluding carboxylic acids is 2. The first kappa shape index (κ1) is 25.2. The number of carbonyl (C=O) groups is 2. The molecule has 1 unspecified atom stereocenters. The number of hydrogen-bond donors (Lipinski definition) is 3. The number of aliphatic hydroxyl groups is 1. The van der Waals surface area contributed by atoms with E-state index in [0.29, 0.717) is 5.56 Å². The summed E-state index contributed by atoms with van der Waals surface area (Å²) in [6, 6.07) is 11.5. The number of nitrogens with zero attached hydrogens (tertiary/aromatic N) is 1. The van der Waals surface area contributed by atoms with Crippen molar-refractivity contribution >= 4 is 46.3 Å². The molecule has 186 valence electrons. The molecule has 36 heavy (non-hydrogen) atoms. The van der Waals surface area contributed by atoms with Crippen LogP contribution in [0.2, 0.25) is 10.0 Å². The molecule has 0 saturated carbocycles. The van der Waals surface area contributed by atoms with Crippen LogP contribution >= 0.6 is 23.2 Å². The monoisotopic (exact) mass is 529 g/mol. The number of phenolic OH excluding ortho intramolecular Hbond substituents is 2. The van der Waals surface area contributed by atoms with Gasteiger partial charge in [0.15, 0.2) is 11.5 Å². The lowest BCUT2D eigenvalue weighted by Crippen LogP contribution is -2.29. The SMILES string of the molecule is CCOc1cc(C2/C(=C(\O)c3ccc(Cl)c(OC)c3)C(=O)C(=O)N2c2cc(Cl)ccc2O)ccc1O. The standard InChI is InChI=1S/C26H21Cl2NO7/c1-3-36-21-10-13(5-8-19(21)31)23-22(24(32)14-4-7-16(28)20(11-14)35-2)25(33)26(34)29(23)17-12-15(27)6-9-18(17)30/h4-12,23,30-32H,3H2,1-2H3/b24-22+. The molecule has 3 aromatic rings. The summed E-state index contributed by atoms with van der Waals surface area (Å²) in [4.78, 5) is 27.7. The van der Waals surface area contributed by atoms with E-state index in [1.165, 1.54) is 61.7 Å². The number of halogens is 2. The Kier molecular flexibility index (Phi) is 7.01. The van der Waals surface area contributed by atoms with Gasteiger partial charge in [-0.3, -0.25) is 14.5 Å². The average molecular weight is 530 g/mol. The van der Waals surface area contributed by atoms with Gasteiger partial charge in [0.25, 0.3) is 11.7 Å². The summed E-state index contributed by atoms with van der Waals surface area (Å²) >= 11 is 12.2. The fraction of sp³-hybridized carbons (Fsp3) is 0.154. The molecular formula is C26H21Cl2NO7. The lowest BCUT2D eigenvalue weighted by molar-refractivity contribution is -0.132. The van der Waals surface area contributed by atoms with E-state index in [1.54, 1.807) is 6.92 Å². The molecule has 10 heteroatoms. The van der Waals surface area contributed by atoms with E-state index in [0.717, 1.165) is 4.90 Å². The number of methoxy groups -OCH3 is 1. The second-order valence-corrected chi connectivity index (χ2v) is 8.66. The number of Topliss-reactive ketones (excluding diaryl/α,β-unsaturated/α-hetero) is 1. The van der Waals surface area contributed by atoms with Gasteiger partial charge in [-0.25, -0.2) is 0 Å². The third-order valence-corrected chi connectivity index (χ3v) is 6.21. The maximum atomic E-state index is 13.3. The smallest absolute Gasteiger partial charge is 0.300 e. The highest BCUT2D eigenvalue weighted by molar-refractivity contribution is 6.52. The minimum atomic E-state index is -1.20. The van der Waals surface area contributed by atoms with Crippen molar-refractivity contribution in [1.29, 1.82) is 0 Å². The number of hydrogen-bond acceptors (Lipinski definition) is 7. The first-order chi connectivity index (χ1) is 17.2. The van der Waals surface area contributed by atoms with Gasteiger partial charge in [0, 0.05) is 10.6 Å². The van der Waals surface area contributed by atoms with Gasteiger partial charge in [0.1, 0.15) is 17.3 Å². The summed E-state index contributed by atoms with van der Waals surface area (Å²) in [5.41, 5.74) is 0.223. The number of phenols is 2. The number of aromatic hydroxyl groups is 2. The van der Waals surface area contributed by atoms with E-state index in [-0.39, 0.29) is 56.5 Å². The quantitative estimate of drug-likeness (QED) is 0.221. The molecule has 1 fully saturated rings. The van der Waals surface area contributed by atoms with Crippen molar-refractivity contribution in [2.24, 2.45) is 0 Å². The molecule has 0 bridgehead atoms. The number of benzene rings is 3. The second kappa shape index (κ2) is 10.0. The Morgan fingerprint density at radius 3 is 2.39 bits per heavy atom. The topological polar surface area (TPSA) is 117 Å². The van der Waals surface area contributed by atoms with Crippen LogP contribution in [0.15, 0.2) is 60.2 Å². The van der Waals surface area contributed by atoms with Crippen molar-refractivity contribution in [3.63, 3.8) is 0 Å². The van der Waals surface area contributed by atoms with Crippen molar-refractivity contribution in [1.82, 2.24) is 0 Å². The van der Waals surface area contributed by atoms with Crippen molar-refractivity contribution in [3.05, 3.63) is 81.3 Å². The highest BCUT2D eigenvalue weighted by Gasteiger charge is 2.48. The van der Waals surface area contributed by atoms with Gasteiger partial charge in [-0.05, 0) is 61.0 Å². The highest BCUT2D eigenvalue weighted by atomic mass is 35.5. The Morgan fingerprint density at radius 1 is 0.972 bits per heavy atom. The molecule has 1 atom stereocenters. The Morgan fingerprint density at radius 2 is 1.69 bits per heavy atom. The third-order valence-electron chi connectivity index (χ3n) is 5.67. The third kappa shape index (κ3) is 4.41. The van der Waals surface area contributed by atoms with E-state index in [4.69, 9.17) is 32.7 Å². The molecule has 3 N–H and O–H groups in total. The van der Waals surface area contributed by atoms with Crippen LogP contribution in [0.25, 0.3) is 5.76 Å². The molecule has 1 aliphatic rings. The van der Waals surface area contributed by atoms with E-state index >= 15 is 0 Å². The average Bonchev–Trinajstić information content (AvgIpc) is 3.12. The molecule has 1 heterocycles. The summed E-state index contributed by atoms with van der Waals surface area (Å²) in [5.74, 6) is -2.55. The van der Waals surface area contributed by atoms with Crippen LogP contribution in [0, 0.1) is 0 Å². The summed E-state index contributed by atoms with van der Waals surface area (Å²) in [6.07, 6.45) is 0. The van der Waals surface area contributed by atoms with Crippen LogP contribution < -0.4 is 14.4 Å². The Labute approximate surface area is 216 Å². The molecule has 8 nitrogen and oxygen atoms in total. The highest BCUT2D eigenvalue weighted by Crippen LogP contribution is 2.47. The number of anilines is 1. The number of aliphatic hydroxyl groups excluding tert-OH is 1. The summed E-state index contributed by atoms with van der Waals surface area (Å²) in [5, 5.41) is 32.5. The van der Waals surface area contributed by atoms with E-state index in [2.05, 4.69) is 0 Å². The van der Waals surface area contributed by atoms with Crippen molar-refractivity contribution in [2.45, 2.75) is 13.0 Å². The van der Waals surface area contributed by atoms with Crippen LogP contribution in [0.5, 0.6) is 23.0 Å². The van der Waals surface area contributed by atoms with Crippen molar-refractivity contribution < 1.29 is 34.4 Å². The molecule has 3 aromatic carbocycles. The van der Waals surface area contributed by atoms with Crippen LogP contribution in [0.3, 0.4) is 0 Å². The van der Waals surface area contributed by atoms with Gasteiger partial charge >= 0.3 is 0 Å². The van der Waals surface area contributed by atoms with Gasteiger partial charge in [-0.2, -0.15) is 0 Å².